The van der Waals surface area contributed by atoms with E-state index < -0.39 is 0 Å². The summed E-state index contributed by atoms with van der Waals surface area (Å²) in [6.07, 6.45) is 13.4. The maximum Gasteiger partial charge on any atom is 0.276 e. The number of carbonyl (C=O) groups excluding carboxylic acids is 1. The Morgan fingerprint density at radius 3 is 3.08 bits per heavy atom. The Morgan fingerprint density at radius 2 is 2.31 bits per heavy atom. The van der Waals surface area contributed by atoms with Gasteiger partial charge in [-0.2, -0.15) is 0 Å². The summed E-state index contributed by atoms with van der Waals surface area (Å²) in [5, 5.41) is 0. The van der Waals surface area contributed by atoms with E-state index in [1.165, 1.54) is 16.8 Å². The Bertz CT molecular complexity index is 1090. The van der Waals surface area contributed by atoms with Gasteiger partial charge in [-0.3, -0.25) is 9.78 Å². The molecule has 0 aliphatic carbocycles. The molecule has 6 nitrogen and oxygen atoms in total. The number of ether oxygens (including phenoxy) is 2. The summed E-state index contributed by atoms with van der Waals surface area (Å²) < 4.78 is 17.0. The van der Waals surface area contributed by atoms with Crippen molar-refractivity contribution in [3.63, 3.8) is 0 Å². The summed E-state index contributed by atoms with van der Waals surface area (Å²) in [7, 11) is 1.55. The summed E-state index contributed by atoms with van der Waals surface area (Å²) in [5.41, 5.74) is 2.61. The number of pyridine rings is 1. The van der Waals surface area contributed by atoms with Crippen molar-refractivity contribution in [1.82, 2.24) is 9.55 Å². The highest BCUT2D eigenvalue weighted by Gasteiger charge is 2.11. The van der Waals surface area contributed by atoms with Crippen LogP contribution in [0.25, 0.3) is 17.2 Å². The van der Waals surface area contributed by atoms with Gasteiger partial charge in [0.05, 0.1) is 18.8 Å². The summed E-state index contributed by atoms with van der Waals surface area (Å²) in [5.74, 6) is 0.296. The van der Waals surface area contributed by atoms with Crippen molar-refractivity contribution in [1.29, 1.82) is 0 Å². The van der Waals surface area contributed by atoms with Crippen LogP contribution < -0.4 is 4.74 Å². The van der Waals surface area contributed by atoms with Crippen molar-refractivity contribution in [3.05, 3.63) is 58.7 Å². The number of allylic oxidation sites excluding steroid dienone is 1. The molecule has 0 radical (unpaired) electrons. The normalized spacial score (nSPS) is 10.8. The standard InChI is InChI=1S/C19H14N2O4S/c1-3-24-12-14-6-4-13(10-16(14)23-2)5-7-18(22)21-15-8-9-20-11-17(15)25-19(21)26/h1,4-11H,12H2,2H3/b7-5+. The van der Waals surface area contributed by atoms with E-state index in [9.17, 15) is 4.79 Å². The van der Waals surface area contributed by atoms with Gasteiger partial charge in [0, 0.05) is 17.8 Å². The summed E-state index contributed by atoms with van der Waals surface area (Å²) >= 11 is 5.12. The second-order valence-corrected chi connectivity index (χ2v) is 5.55. The second kappa shape index (κ2) is 7.68. The number of terminal acetylenes is 1. The quantitative estimate of drug-likeness (QED) is 0.388. The number of aromatic nitrogens is 2. The Morgan fingerprint density at radius 1 is 1.46 bits per heavy atom. The molecule has 7 heteroatoms. The number of oxazole rings is 1. The Balaban J connectivity index is 1.87. The SMILES string of the molecule is C#COCc1ccc(/C=C/C(=O)n2c(=S)oc3cnccc32)cc1OC. The third kappa shape index (κ3) is 3.50. The zero-order chi connectivity index (χ0) is 18.5. The number of carbonyl (C=O) groups is 1. The van der Waals surface area contributed by atoms with Crippen LogP contribution in [0.4, 0.5) is 0 Å². The summed E-state index contributed by atoms with van der Waals surface area (Å²) in [6.45, 7) is 0.243. The molecule has 3 aromatic rings. The average molecular weight is 366 g/mol. The van der Waals surface area contributed by atoms with Gasteiger partial charge in [0.1, 0.15) is 18.5 Å². The van der Waals surface area contributed by atoms with E-state index in [0.29, 0.717) is 16.8 Å². The van der Waals surface area contributed by atoms with Gasteiger partial charge in [-0.05, 0) is 36.0 Å². The molecule has 2 heterocycles. The molecule has 3 rings (SSSR count). The van der Waals surface area contributed by atoms with Crippen LogP contribution >= 0.6 is 12.2 Å². The predicted octanol–water partition coefficient (Wildman–Crippen LogP) is 3.83. The first-order chi connectivity index (χ1) is 12.6. The highest BCUT2D eigenvalue weighted by atomic mass is 32.1. The van der Waals surface area contributed by atoms with Gasteiger partial charge in [-0.25, -0.2) is 4.57 Å². The topological polar surface area (TPSA) is 66.5 Å². The number of fused-ring (bicyclic) bond motifs is 1. The lowest BCUT2D eigenvalue weighted by molar-refractivity contribution is 0.0969. The monoisotopic (exact) mass is 366 g/mol. The van der Waals surface area contributed by atoms with Crippen LogP contribution in [0.2, 0.25) is 0 Å². The molecule has 0 saturated carbocycles. The molecule has 0 saturated heterocycles. The molecular weight excluding hydrogens is 352 g/mol. The van der Waals surface area contributed by atoms with Gasteiger partial charge >= 0.3 is 0 Å². The van der Waals surface area contributed by atoms with Gasteiger partial charge in [0.15, 0.2) is 5.58 Å². The van der Waals surface area contributed by atoms with E-state index in [1.54, 1.807) is 31.5 Å². The number of hydrogen-bond acceptors (Lipinski definition) is 6. The lowest BCUT2D eigenvalue weighted by Gasteiger charge is -2.08. The molecule has 0 fully saturated rings. The zero-order valence-electron chi connectivity index (χ0n) is 13.8. The minimum Gasteiger partial charge on any atom is -0.496 e. The first kappa shape index (κ1) is 17.5. The molecular formula is C19H14N2O4S. The molecule has 0 atom stereocenters. The van der Waals surface area contributed by atoms with Crippen molar-refractivity contribution in [2.24, 2.45) is 0 Å². The number of benzene rings is 1. The molecule has 2 aromatic heterocycles. The second-order valence-electron chi connectivity index (χ2n) is 5.20. The highest BCUT2D eigenvalue weighted by molar-refractivity contribution is 7.71. The van der Waals surface area contributed by atoms with Gasteiger partial charge in [-0.15, -0.1) is 0 Å². The van der Waals surface area contributed by atoms with Gasteiger partial charge in [0.25, 0.3) is 10.7 Å². The molecule has 0 unspecified atom stereocenters. The van der Waals surface area contributed by atoms with Gasteiger partial charge < -0.3 is 13.9 Å². The van der Waals surface area contributed by atoms with Crippen molar-refractivity contribution in [2.75, 3.05) is 7.11 Å². The van der Waals surface area contributed by atoms with Crippen molar-refractivity contribution < 1.29 is 18.7 Å². The van der Waals surface area contributed by atoms with Crippen LogP contribution in [0.5, 0.6) is 5.75 Å². The van der Waals surface area contributed by atoms with Crippen LogP contribution in [-0.4, -0.2) is 22.6 Å². The molecule has 0 N–H and O–H groups in total. The Kier molecular flexibility index (Phi) is 5.15. The first-order valence-corrected chi connectivity index (χ1v) is 7.97. The van der Waals surface area contributed by atoms with Gasteiger partial charge in [-0.1, -0.05) is 18.6 Å². The van der Waals surface area contributed by atoms with E-state index in [4.69, 9.17) is 32.5 Å². The van der Waals surface area contributed by atoms with Crippen molar-refractivity contribution in [3.8, 4) is 18.3 Å². The Labute approximate surface area is 154 Å². The number of hydrogen-bond donors (Lipinski definition) is 0. The van der Waals surface area contributed by atoms with E-state index >= 15 is 0 Å². The van der Waals surface area contributed by atoms with Gasteiger partial charge in [0.2, 0.25) is 0 Å². The maximum atomic E-state index is 12.5. The zero-order valence-corrected chi connectivity index (χ0v) is 14.7. The first-order valence-electron chi connectivity index (χ1n) is 7.56. The average Bonchev–Trinajstić information content (AvgIpc) is 3.00. The fourth-order valence-electron chi connectivity index (χ4n) is 2.43. The van der Waals surface area contributed by atoms with E-state index in [2.05, 4.69) is 11.1 Å². The van der Waals surface area contributed by atoms with Crippen molar-refractivity contribution in [2.45, 2.75) is 6.61 Å². The number of methoxy groups -OCH3 is 1. The lowest BCUT2D eigenvalue weighted by atomic mass is 10.1. The lowest BCUT2D eigenvalue weighted by Crippen LogP contribution is -2.06. The maximum absolute atomic E-state index is 12.5. The minimum absolute atomic E-state index is 0.0713. The van der Waals surface area contributed by atoms with E-state index in [0.717, 1.165) is 11.1 Å². The van der Waals surface area contributed by atoms with Crippen LogP contribution in [0.1, 0.15) is 15.9 Å². The third-order valence-corrected chi connectivity index (χ3v) is 3.91. The summed E-state index contributed by atoms with van der Waals surface area (Å²) in [4.78, 5) is 16.6. The molecule has 0 aliphatic heterocycles. The van der Waals surface area contributed by atoms with Crippen LogP contribution in [-0.2, 0) is 11.3 Å². The summed E-state index contributed by atoms with van der Waals surface area (Å²) in [6, 6.07) is 7.11. The molecule has 130 valence electrons. The largest absolute Gasteiger partial charge is 0.496 e. The molecule has 0 amide bonds. The molecule has 1 aromatic carbocycles. The minimum atomic E-state index is -0.321. The smallest absolute Gasteiger partial charge is 0.276 e. The van der Waals surface area contributed by atoms with Crippen molar-refractivity contribution >= 4 is 35.3 Å². The molecule has 0 spiro atoms. The van der Waals surface area contributed by atoms with Crippen LogP contribution in [0, 0.1) is 17.4 Å². The molecule has 26 heavy (non-hydrogen) atoms. The van der Waals surface area contributed by atoms with E-state index in [-0.39, 0.29) is 17.4 Å². The predicted molar refractivity (Wildman–Crippen MR) is 99.1 cm³/mol. The third-order valence-electron chi connectivity index (χ3n) is 3.64. The Hall–Kier alpha value is -3.37. The fourth-order valence-corrected chi connectivity index (χ4v) is 2.71. The van der Waals surface area contributed by atoms with Crippen LogP contribution in [0.15, 0.2) is 47.2 Å². The number of rotatable bonds is 5. The van der Waals surface area contributed by atoms with E-state index in [1.807, 2.05) is 12.1 Å². The molecule has 0 bridgehead atoms. The van der Waals surface area contributed by atoms with Crippen LogP contribution in [0.3, 0.4) is 0 Å². The fraction of sp³-hybridized carbons (Fsp3) is 0.105. The number of nitrogens with zero attached hydrogens (tertiary/aromatic N) is 2. The highest BCUT2D eigenvalue weighted by Crippen LogP contribution is 2.22. The molecule has 0 aliphatic rings.